The van der Waals surface area contributed by atoms with Gasteiger partial charge in [0.2, 0.25) is 0 Å². The highest BCUT2D eigenvalue weighted by molar-refractivity contribution is 6.33. The minimum absolute atomic E-state index is 0.0281. The average Bonchev–Trinajstić information content (AvgIpc) is 3.08. The molecule has 0 radical (unpaired) electrons. The monoisotopic (exact) mass is 399 g/mol. The minimum Gasteiger partial charge on any atom is -0.478 e. The van der Waals surface area contributed by atoms with E-state index in [0.717, 1.165) is 24.2 Å². The molecule has 2 aromatic rings. The van der Waals surface area contributed by atoms with Crippen molar-refractivity contribution in [2.75, 3.05) is 18.0 Å². The molecule has 0 spiro atoms. The Hall–Kier alpha value is -2.32. The van der Waals surface area contributed by atoms with Crippen LogP contribution in [0.15, 0.2) is 36.5 Å². The zero-order chi connectivity index (χ0) is 19.6. The van der Waals surface area contributed by atoms with Crippen molar-refractivity contribution in [1.29, 1.82) is 0 Å². The number of aromatic carboxylic acids is 1. The van der Waals surface area contributed by atoms with E-state index in [2.05, 4.69) is 10.3 Å². The van der Waals surface area contributed by atoms with Gasteiger partial charge < -0.3 is 15.3 Å². The van der Waals surface area contributed by atoms with Gasteiger partial charge in [-0.25, -0.2) is 9.78 Å². The Bertz CT molecular complexity index is 845. The minimum atomic E-state index is -4.48. The van der Waals surface area contributed by atoms with Gasteiger partial charge in [-0.1, -0.05) is 23.7 Å². The summed E-state index contributed by atoms with van der Waals surface area (Å²) >= 11 is 6.00. The first-order valence-corrected chi connectivity index (χ1v) is 8.65. The van der Waals surface area contributed by atoms with E-state index in [1.807, 2.05) is 11.0 Å². The van der Waals surface area contributed by atoms with Crippen molar-refractivity contribution in [1.82, 2.24) is 10.3 Å². The number of nitrogens with one attached hydrogen (secondary N) is 1. The molecule has 2 heterocycles. The number of alkyl halides is 3. The molecular formula is C18H17ClF3N3O2. The zero-order valence-electron chi connectivity index (χ0n) is 14.1. The molecule has 0 bridgehead atoms. The Kier molecular flexibility index (Phi) is 5.57. The third kappa shape index (κ3) is 4.70. The maximum Gasteiger partial charge on any atom is 0.417 e. The number of nitrogens with zero attached hydrogens (tertiary/aromatic N) is 2. The van der Waals surface area contributed by atoms with Crippen molar-refractivity contribution in [2.24, 2.45) is 0 Å². The molecule has 1 saturated heterocycles. The SMILES string of the molecule is O=C(O)c1cccc(CNC2CCN(c3ncc(C(F)(F)F)cc3Cl)C2)c1. The van der Waals surface area contributed by atoms with Crippen molar-refractivity contribution in [3.63, 3.8) is 0 Å². The molecule has 144 valence electrons. The Morgan fingerprint density at radius 1 is 1.37 bits per heavy atom. The molecule has 5 nitrogen and oxygen atoms in total. The fourth-order valence-electron chi connectivity index (χ4n) is 3.01. The normalized spacial score (nSPS) is 17.3. The lowest BCUT2D eigenvalue weighted by Crippen LogP contribution is -2.32. The van der Waals surface area contributed by atoms with Crippen molar-refractivity contribution >= 4 is 23.4 Å². The molecule has 1 aliphatic rings. The lowest BCUT2D eigenvalue weighted by atomic mass is 10.1. The molecule has 1 aromatic carbocycles. The van der Waals surface area contributed by atoms with Crippen LogP contribution >= 0.6 is 11.6 Å². The van der Waals surface area contributed by atoms with E-state index in [-0.39, 0.29) is 16.6 Å². The van der Waals surface area contributed by atoms with Gasteiger partial charge in [0.05, 0.1) is 16.1 Å². The molecule has 1 atom stereocenters. The first-order chi connectivity index (χ1) is 12.7. The highest BCUT2D eigenvalue weighted by Crippen LogP contribution is 2.34. The third-order valence-electron chi connectivity index (χ3n) is 4.41. The van der Waals surface area contributed by atoms with Crippen molar-refractivity contribution in [3.8, 4) is 0 Å². The van der Waals surface area contributed by atoms with E-state index < -0.39 is 17.7 Å². The third-order valence-corrected chi connectivity index (χ3v) is 4.68. The number of hydrogen-bond acceptors (Lipinski definition) is 4. The number of carboxylic acids is 1. The van der Waals surface area contributed by atoms with Gasteiger partial charge >= 0.3 is 12.1 Å². The van der Waals surface area contributed by atoms with E-state index in [4.69, 9.17) is 16.7 Å². The number of hydrogen-bond donors (Lipinski definition) is 2. The Morgan fingerprint density at radius 2 is 2.15 bits per heavy atom. The molecular weight excluding hydrogens is 383 g/mol. The van der Waals surface area contributed by atoms with Gasteiger partial charge in [-0.3, -0.25) is 0 Å². The van der Waals surface area contributed by atoms with E-state index in [0.29, 0.717) is 25.5 Å². The van der Waals surface area contributed by atoms with Gasteiger partial charge in [0, 0.05) is 31.9 Å². The second-order valence-corrected chi connectivity index (χ2v) is 6.75. The van der Waals surface area contributed by atoms with Crippen LogP contribution in [0.1, 0.15) is 27.9 Å². The standard InChI is InChI=1S/C18H17ClF3N3O2/c19-15-7-13(18(20,21)22)9-24-16(15)25-5-4-14(10-25)23-8-11-2-1-3-12(6-11)17(26)27/h1-3,6-7,9,14,23H,4-5,8,10H2,(H,26,27). The molecule has 3 rings (SSSR count). The van der Waals surface area contributed by atoms with Gasteiger partial charge in [0.25, 0.3) is 0 Å². The highest BCUT2D eigenvalue weighted by atomic mass is 35.5. The summed E-state index contributed by atoms with van der Waals surface area (Å²) in [5.74, 6) is -0.645. The number of benzene rings is 1. The summed E-state index contributed by atoms with van der Waals surface area (Å²) in [4.78, 5) is 16.7. The fourth-order valence-corrected chi connectivity index (χ4v) is 3.30. The van der Waals surface area contributed by atoms with E-state index in [1.165, 1.54) is 6.07 Å². The van der Waals surface area contributed by atoms with Crippen LogP contribution in [0.25, 0.3) is 0 Å². The van der Waals surface area contributed by atoms with Crippen LogP contribution < -0.4 is 10.2 Å². The maximum absolute atomic E-state index is 12.7. The summed E-state index contributed by atoms with van der Waals surface area (Å²) < 4.78 is 38.2. The largest absolute Gasteiger partial charge is 0.478 e. The van der Waals surface area contributed by atoms with Gasteiger partial charge in [0.1, 0.15) is 5.82 Å². The molecule has 2 N–H and O–H groups in total. The maximum atomic E-state index is 12.7. The smallest absolute Gasteiger partial charge is 0.417 e. The average molecular weight is 400 g/mol. The van der Waals surface area contributed by atoms with Crippen molar-refractivity contribution < 1.29 is 23.1 Å². The number of carboxylic acid groups (broad SMARTS) is 1. The molecule has 1 unspecified atom stereocenters. The topological polar surface area (TPSA) is 65.5 Å². The van der Waals surface area contributed by atoms with Gasteiger partial charge in [-0.15, -0.1) is 0 Å². The molecule has 1 aromatic heterocycles. The summed E-state index contributed by atoms with van der Waals surface area (Å²) in [5, 5.41) is 12.3. The van der Waals surface area contributed by atoms with Crippen LogP contribution in [0.5, 0.6) is 0 Å². The summed E-state index contributed by atoms with van der Waals surface area (Å²) in [6, 6.07) is 7.65. The fraction of sp³-hybridized carbons (Fsp3) is 0.333. The molecule has 9 heteroatoms. The highest BCUT2D eigenvalue weighted by Gasteiger charge is 2.33. The molecule has 0 aliphatic carbocycles. The predicted octanol–water partition coefficient (Wildman–Crippen LogP) is 3.82. The predicted molar refractivity (Wildman–Crippen MR) is 95.1 cm³/mol. The van der Waals surface area contributed by atoms with Gasteiger partial charge in [0.15, 0.2) is 0 Å². The van der Waals surface area contributed by atoms with E-state index in [9.17, 15) is 18.0 Å². The quantitative estimate of drug-likeness (QED) is 0.800. The van der Waals surface area contributed by atoms with E-state index >= 15 is 0 Å². The number of carbonyl (C=O) groups is 1. The molecule has 1 aliphatic heterocycles. The Labute approximate surface area is 158 Å². The van der Waals surface area contributed by atoms with E-state index in [1.54, 1.807) is 12.1 Å². The lowest BCUT2D eigenvalue weighted by Gasteiger charge is -2.20. The number of aromatic nitrogens is 1. The van der Waals surface area contributed by atoms with Crippen LogP contribution in [0.3, 0.4) is 0 Å². The summed E-state index contributed by atoms with van der Waals surface area (Å²) in [6.07, 6.45) is -2.91. The lowest BCUT2D eigenvalue weighted by molar-refractivity contribution is -0.137. The summed E-state index contributed by atoms with van der Waals surface area (Å²) in [7, 11) is 0. The van der Waals surface area contributed by atoms with Crippen molar-refractivity contribution in [3.05, 3.63) is 58.2 Å². The second kappa shape index (κ2) is 7.74. The number of anilines is 1. The number of rotatable bonds is 5. The first-order valence-electron chi connectivity index (χ1n) is 8.27. The van der Waals surface area contributed by atoms with Crippen LogP contribution in [0.4, 0.5) is 19.0 Å². The summed E-state index contributed by atoms with van der Waals surface area (Å²) in [5.41, 5.74) is 0.200. The number of pyridine rings is 1. The van der Waals surface area contributed by atoms with Crippen LogP contribution in [0.2, 0.25) is 5.02 Å². The second-order valence-electron chi connectivity index (χ2n) is 6.35. The van der Waals surface area contributed by atoms with Crippen LogP contribution in [-0.2, 0) is 12.7 Å². The van der Waals surface area contributed by atoms with Gasteiger partial charge in [-0.2, -0.15) is 13.2 Å². The molecule has 1 fully saturated rings. The molecule has 0 amide bonds. The first kappa shape index (κ1) is 19.4. The summed E-state index contributed by atoms with van der Waals surface area (Å²) in [6.45, 7) is 1.66. The van der Waals surface area contributed by atoms with Crippen LogP contribution in [-0.4, -0.2) is 35.2 Å². The zero-order valence-corrected chi connectivity index (χ0v) is 14.9. The Balaban J connectivity index is 1.60. The van der Waals surface area contributed by atoms with Gasteiger partial charge in [-0.05, 0) is 30.2 Å². The molecule has 27 heavy (non-hydrogen) atoms. The van der Waals surface area contributed by atoms with Crippen molar-refractivity contribution in [2.45, 2.75) is 25.2 Å². The van der Waals surface area contributed by atoms with Crippen LogP contribution in [0, 0.1) is 0 Å². The number of halogens is 4. The molecule has 0 saturated carbocycles. The Morgan fingerprint density at radius 3 is 2.81 bits per heavy atom.